The number of aliphatic hydroxyl groups is 2. The molecule has 3 fully saturated rings. The van der Waals surface area contributed by atoms with Crippen LogP contribution in [0, 0.1) is 34.5 Å². The number of rotatable bonds is 2. The number of allylic oxidation sites excluding steroid dienone is 4. The molecule has 0 amide bonds. The quantitative estimate of drug-likeness (QED) is 0.777. The number of carbonyl (C=O) groups excluding carboxylic acids is 2. The third-order valence-corrected chi connectivity index (χ3v) is 8.55. The first-order chi connectivity index (χ1) is 12.6. The minimum atomic E-state index is -1.70. The highest BCUT2D eigenvalue weighted by atomic mass is 19.1. The molecule has 5 heteroatoms. The van der Waals surface area contributed by atoms with Crippen molar-refractivity contribution >= 4 is 11.6 Å². The van der Waals surface area contributed by atoms with Crippen molar-refractivity contribution in [3.05, 3.63) is 23.8 Å². The molecule has 4 aliphatic carbocycles. The lowest BCUT2D eigenvalue weighted by Crippen LogP contribution is -2.62. The summed E-state index contributed by atoms with van der Waals surface area (Å²) < 4.78 is 13.2. The molecule has 4 aliphatic rings. The second-order valence-corrected chi connectivity index (χ2v) is 9.70. The van der Waals surface area contributed by atoms with Crippen molar-refractivity contribution in [1.29, 1.82) is 0 Å². The van der Waals surface area contributed by atoms with Gasteiger partial charge in [0.25, 0.3) is 0 Å². The van der Waals surface area contributed by atoms with Gasteiger partial charge in [-0.2, -0.15) is 0 Å². The Morgan fingerprint density at radius 1 is 1.37 bits per heavy atom. The van der Waals surface area contributed by atoms with E-state index in [0.29, 0.717) is 6.42 Å². The van der Waals surface area contributed by atoms with Gasteiger partial charge in [-0.15, -0.1) is 0 Å². The average molecular weight is 376 g/mol. The van der Waals surface area contributed by atoms with Crippen LogP contribution in [0.25, 0.3) is 0 Å². The molecule has 0 aromatic rings. The maximum atomic E-state index is 13.2. The number of alkyl halides is 1. The fraction of sp³-hybridized carbons (Fsp3) is 0.727. The topological polar surface area (TPSA) is 74.6 Å². The van der Waals surface area contributed by atoms with Crippen LogP contribution in [0.4, 0.5) is 4.39 Å². The smallest absolute Gasteiger partial charge is 0.195 e. The molecule has 0 unspecified atom stereocenters. The number of ketones is 2. The maximum absolute atomic E-state index is 13.2. The molecule has 148 valence electrons. The van der Waals surface area contributed by atoms with Gasteiger partial charge in [0.05, 0.1) is 6.10 Å². The molecule has 0 aliphatic heterocycles. The van der Waals surface area contributed by atoms with Crippen molar-refractivity contribution in [2.24, 2.45) is 34.5 Å². The van der Waals surface area contributed by atoms with E-state index in [4.69, 9.17) is 0 Å². The molecular formula is C22H29FO4. The van der Waals surface area contributed by atoms with Gasteiger partial charge in [-0.1, -0.05) is 32.4 Å². The highest BCUT2D eigenvalue weighted by Crippen LogP contribution is 2.67. The third-order valence-electron chi connectivity index (χ3n) is 8.55. The van der Waals surface area contributed by atoms with Crippen molar-refractivity contribution in [3.8, 4) is 0 Å². The molecule has 27 heavy (non-hydrogen) atoms. The van der Waals surface area contributed by atoms with Crippen molar-refractivity contribution in [1.82, 2.24) is 0 Å². The molecule has 0 radical (unpaired) electrons. The Morgan fingerprint density at radius 2 is 2.07 bits per heavy atom. The zero-order valence-electron chi connectivity index (χ0n) is 16.2. The number of hydrogen-bond acceptors (Lipinski definition) is 4. The Labute approximate surface area is 159 Å². The first-order valence-electron chi connectivity index (χ1n) is 10.0. The molecule has 0 aromatic carbocycles. The third kappa shape index (κ3) is 2.27. The summed E-state index contributed by atoms with van der Waals surface area (Å²) in [7, 11) is 0. The van der Waals surface area contributed by atoms with Gasteiger partial charge < -0.3 is 10.2 Å². The summed E-state index contributed by atoms with van der Waals surface area (Å²) in [6.45, 7) is 4.89. The maximum Gasteiger partial charge on any atom is 0.195 e. The van der Waals surface area contributed by atoms with E-state index in [1.807, 2.05) is 13.0 Å². The van der Waals surface area contributed by atoms with Crippen molar-refractivity contribution in [2.75, 3.05) is 6.67 Å². The largest absolute Gasteiger partial charge is 0.393 e. The van der Waals surface area contributed by atoms with Crippen LogP contribution in [0.5, 0.6) is 0 Å². The van der Waals surface area contributed by atoms with E-state index in [0.717, 1.165) is 12.0 Å². The van der Waals surface area contributed by atoms with Gasteiger partial charge in [0, 0.05) is 16.7 Å². The Hall–Kier alpha value is -1.33. The second-order valence-electron chi connectivity index (χ2n) is 9.70. The van der Waals surface area contributed by atoms with Crippen LogP contribution in [0.3, 0.4) is 0 Å². The Morgan fingerprint density at radius 3 is 2.74 bits per heavy atom. The predicted molar refractivity (Wildman–Crippen MR) is 98.5 cm³/mol. The standard InChI is InChI=1S/C22H29FO4/c1-12-8-14-15-5-7-22(27,18(26)11-23)21(15,3)10-17(25)19(14)20(2)6-4-13(24)9-16(12)20/h4,6,9,12,14-15,17,19,25,27H,5,7-8,10-11H2,1-3H3/t12-,14+,15+,17+,19-,20+,21+,22+/m1/s1. The summed E-state index contributed by atoms with van der Waals surface area (Å²) in [6, 6.07) is 0. The summed E-state index contributed by atoms with van der Waals surface area (Å²) in [5, 5.41) is 22.3. The Kier molecular flexibility index (Phi) is 4.11. The average Bonchev–Trinajstić information content (AvgIpc) is 2.87. The number of aliphatic hydroxyl groups excluding tert-OH is 1. The lowest BCUT2D eigenvalue weighted by Gasteiger charge is -2.60. The summed E-state index contributed by atoms with van der Waals surface area (Å²) >= 11 is 0. The Balaban J connectivity index is 1.78. The van der Waals surface area contributed by atoms with E-state index in [1.54, 1.807) is 12.2 Å². The monoisotopic (exact) mass is 376 g/mol. The first kappa shape index (κ1) is 19.0. The predicted octanol–water partition coefficient (Wildman–Crippen LogP) is 2.78. The van der Waals surface area contributed by atoms with Crippen LogP contribution in [-0.4, -0.2) is 40.2 Å². The highest BCUT2D eigenvalue weighted by Gasteiger charge is 2.68. The summed E-state index contributed by atoms with van der Waals surface area (Å²) in [6.07, 6.45) is 6.55. The number of hydrogen-bond donors (Lipinski definition) is 2. The van der Waals surface area contributed by atoms with E-state index in [2.05, 4.69) is 13.8 Å². The molecule has 4 nitrogen and oxygen atoms in total. The molecule has 4 rings (SSSR count). The van der Waals surface area contributed by atoms with Gasteiger partial charge in [0.2, 0.25) is 0 Å². The van der Waals surface area contributed by atoms with E-state index in [9.17, 15) is 24.2 Å². The minimum absolute atomic E-state index is 0.00769. The van der Waals surface area contributed by atoms with E-state index in [1.165, 1.54) is 0 Å². The molecule has 3 saturated carbocycles. The van der Waals surface area contributed by atoms with Crippen LogP contribution in [0.2, 0.25) is 0 Å². The van der Waals surface area contributed by atoms with Gasteiger partial charge in [-0.05, 0) is 55.6 Å². The molecule has 0 saturated heterocycles. The van der Waals surface area contributed by atoms with Gasteiger partial charge in [0.1, 0.15) is 5.60 Å². The van der Waals surface area contributed by atoms with Crippen LogP contribution >= 0.6 is 0 Å². The molecule has 8 atom stereocenters. The van der Waals surface area contributed by atoms with Crippen molar-refractivity contribution in [2.45, 2.75) is 58.2 Å². The van der Waals surface area contributed by atoms with E-state index >= 15 is 0 Å². The van der Waals surface area contributed by atoms with Crippen molar-refractivity contribution < 1.29 is 24.2 Å². The fourth-order valence-corrected chi connectivity index (χ4v) is 7.32. The number of fused-ring (bicyclic) bond motifs is 5. The van der Waals surface area contributed by atoms with Gasteiger partial charge in [-0.25, -0.2) is 4.39 Å². The van der Waals surface area contributed by atoms with E-state index in [-0.39, 0.29) is 42.3 Å². The minimum Gasteiger partial charge on any atom is -0.393 e. The van der Waals surface area contributed by atoms with Gasteiger partial charge in [-0.3, -0.25) is 9.59 Å². The molecule has 2 N–H and O–H groups in total. The molecule has 0 aromatic heterocycles. The zero-order chi connectivity index (χ0) is 19.8. The van der Waals surface area contributed by atoms with E-state index < -0.39 is 35.0 Å². The molecule has 0 heterocycles. The fourth-order valence-electron chi connectivity index (χ4n) is 7.32. The molecule has 0 bridgehead atoms. The van der Waals surface area contributed by atoms with Crippen LogP contribution in [0.1, 0.15) is 46.5 Å². The number of Topliss-reactive ketones (excluding diaryl/α,β-unsaturated/α-hetero) is 1. The normalized spacial score (nSPS) is 51.3. The lowest BCUT2D eigenvalue weighted by molar-refractivity contribution is -0.179. The summed E-state index contributed by atoms with van der Waals surface area (Å²) in [4.78, 5) is 24.2. The second kappa shape index (κ2) is 5.84. The van der Waals surface area contributed by atoms with Crippen LogP contribution in [0.15, 0.2) is 23.8 Å². The SMILES string of the molecule is C[C@@H]1C[C@@H]2[C@H]([C@@H](O)C[C@@]3(C)[C@H]2CC[C@]3(O)C(=O)CF)[C@@]2(C)C=CC(=O)C=C12. The van der Waals surface area contributed by atoms with Crippen LogP contribution < -0.4 is 0 Å². The highest BCUT2D eigenvalue weighted by molar-refractivity contribution is 6.01. The number of halogens is 1. The first-order valence-corrected chi connectivity index (χ1v) is 10.0. The molecule has 0 spiro atoms. The van der Waals surface area contributed by atoms with Crippen LogP contribution in [-0.2, 0) is 9.59 Å². The van der Waals surface area contributed by atoms with Gasteiger partial charge >= 0.3 is 0 Å². The number of carbonyl (C=O) groups is 2. The lowest BCUT2D eigenvalue weighted by atomic mass is 9.45. The zero-order valence-corrected chi connectivity index (χ0v) is 16.2. The van der Waals surface area contributed by atoms with Crippen molar-refractivity contribution in [3.63, 3.8) is 0 Å². The molecular weight excluding hydrogens is 347 g/mol. The summed E-state index contributed by atoms with van der Waals surface area (Å²) in [5.41, 5.74) is -1.84. The van der Waals surface area contributed by atoms with Gasteiger partial charge in [0.15, 0.2) is 18.2 Å². The summed E-state index contributed by atoms with van der Waals surface area (Å²) in [5.74, 6) is -0.465. The Bertz CT molecular complexity index is 757.